The highest BCUT2D eigenvalue weighted by atomic mass is 16.4. The Morgan fingerprint density at radius 3 is 2.56 bits per heavy atom. The summed E-state index contributed by atoms with van der Waals surface area (Å²) in [6.07, 6.45) is 11.1. The average Bonchev–Trinajstić information content (AvgIpc) is 2.96. The Kier molecular flexibility index (Phi) is 6.16. The number of amides is 2. The van der Waals surface area contributed by atoms with Gasteiger partial charge in [-0.25, -0.2) is 0 Å². The fraction of sp³-hybridized carbons (Fsp3) is 0.700. The number of rotatable bonds is 4. The standard InChI is InChI=1S/C20H30N2O3/c1-15(23)21-14-17-11-12-19(25-17)20(24)22-13-7-3-6-10-18(22)16-8-4-2-5-9-16/h11-12,16,18H,2-10,13-14H2,1H3,(H,21,23). The van der Waals surface area contributed by atoms with Crippen LogP contribution in [0.25, 0.3) is 0 Å². The first kappa shape index (κ1) is 18.0. The molecule has 0 bridgehead atoms. The van der Waals surface area contributed by atoms with Crippen molar-refractivity contribution in [3.8, 4) is 0 Å². The van der Waals surface area contributed by atoms with E-state index in [1.807, 2.05) is 0 Å². The van der Waals surface area contributed by atoms with Crippen molar-refractivity contribution in [1.82, 2.24) is 10.2 Å². The van der Waals surface area contributed by atoms with E-state index >= 15 is 0 Å². The molecule has 1 aliphatic carbocycles. The Morgan fingerprint density at radius 2 is 1.80 bits per heavy atom. The molecule has 2 amide bonds. The van der Waals surface area contributed by atoms with Crippen LogP contribution in [0.5, 0.6) is 0 Å². The molecule has 1 aromatic rings. The lowest BCUT2D eigenvalue weighted by Crippen LogP contribution is -2.44. The number of likely N-dealkylation sites (tertiary alicyclic amines) is 1. The summed E-state index contributed by atoms with van der Waals surface area (Å²) >= 11 is 0. The first-order valence-corrected chi connectivity index (χ1v) is 9.79. The van der Waals surface area contributed by atoms with Gasteiger partial charge in [-0.15, -0.1) is 0 Å². The largest absolute Gasteiger partial charge is 0.454 e. The normalized spacial score (nSPS) is 22.4. The maximum Gasteiger partial charge on any atom is 0.289 e. The van der Waals surface area contributed by atoms with Gasteiger partial charge in [0.2, 0.25) is 5.91 Å². The number of hydrogen-bond donors (Lipinski definition) is 1. The predicted molar refractivity (Wildman–Crippen MR) is 96.1 cm³/mol. The van der Waals surface area contributed by atoms with E-state index in [2.05, 4.69) is 10.2 Å². The molecule has 2 aliphatic rings. The molecule has 1 atom stereocenters. The summed E-state index contributed by atoms with van der Waals surface area (Å²) in [5, 5.41) is 2.71. The Labute approximate surface area is 150 Å². The molecule has 1 aliphatic heterocycles. The van der Waals surface area contributed by atoms with Crippen LogP contribution in [0.1, 0.15) is 81.0 Å². The molecule has 1 saturated carbocycles. The monoisotopic (exact) mass is 346 g/mol. The number of hydrogen-bond acceptors (Lipinski definition) is 3. The van der Waals surface area contributed by atoms with E-state index < -0.39 is 0 Å². The zero-order chi connectivity index (χ0) is 17.6. The summed E-state index contributed by atoms with van der Waals surface area (Å²) in [7, 11) is 0. The molecule has 138 valence electrons. The van der Waals surface area contributed by atoms with E-state index in [9.17, 15) is 9.59 Å². The van der Waals surface area contributed by atoms with Crippen LogP contribution in [-0.2, 0) is 11.3 Å². The van der Waals surface area contributed by atoms with Crippen molar-refractivity contribution >= 4 is 11.8 Å². The lowest BCUT2D eigenvalue weighted by atomic mass is 9.81. The Bertz CT molecular complexity index is 590. The van der Waals surface area contributed by atoms with Crippen molar-refractivity contribution in [1.29, 1.82) is 0 Å². The molecule has 1 saturated heterocycles. The van der Waals surface area contributed by atoms with Gasteiger partial charge in [-0.3, -0.25) is 9.59 Å². The summed E-state index contributed by atoms with van der Waals surface area (Å²) in [5.74, 6) is 1.59. The highest BCUT2D eigenvalue weighted by Crippen LogP contribution is 2.34. The van der Waals surface area contributed by atoms with Gasteiger partial charge in [-0.1, -0.05) is 32.1 Å². The summed E-state index contributed by atoms with van der Waals surface area (Å²) in [6.45, 7) is 2.64. The molecule has 1 unspecified atom stereocenters. The van der Waals surface area contributed by atoms with Crippen LogP contribution in [0, 0.1) is 5.92 Å². The molecule has 2 fully saturated rings. The second-order valence-electron chi connectivity index (χ2n) is 7.49. The molecular formula is C20H30N2O3. The van der Waals surface area contributed by atoms with Gasteiger partial charge in [0.15, 0.2) is 5.76 Å². The van der Waals surface area contributed by atoms with Crippen molar-refractivity contribution in [3.63, 3.8) is 0 Å². The fourth-order valence-corrected chi connectivity index (χ4v) is 4.34. The molecule has 1 N–H and O–H groups in total. The van der Waals surface area contributed by atoms with Crippen LogP contribution in [0.4, 0.5) is 0 Å². The lowest BCUT2D eigenvalue weighted by Gasteiger charge is -2.37. The Morgan fingerprint density at radius 1 is 1.08 bits per heavy atom. The minimum absolute atomic E-state index is 0.0200. The molecule has 2 heterocycles. The zero-order valence-corrected chi connectivity index (χ0v) is 15.3. The van der Waals surface area contributed by atoms with Crippen molar-refractivity contribution in [2.75, 3.05) is 6.54 Å². The number of carbonyl (C=O) groups excluding carboxylic acids is 2. The molecule has 25 heavy (non-hydrogen) atoms. The number of furan rings is 1. The maximum atomic E-state index is 13.1. The number of nitrogens with zero attached hydrogens (tertiary/aromatic N) is 1. The maximum absolute atomic E-state index is 13.1. The summed E-state index contributed by atoms with van der Waals surface area (Å²) in [6, 6.07) is 3.90. The van der Waals surface area contributed by atoms with E-state index in [1.165, 1.54) is 51.9 Å². The third-order valence-electron chi connectivity index (χ3n) is 5.64. The molecule has 0 radical (unpaired) electrons. The van der Waals surface area contributed by atoms with Crippen LogP contribution in [-0.4, -0.2) is 29.3 Å². The zero-order valence-electron chi connectivity index (χ0n) is 15.3. The highest BCUT2D eigenvalue weighted by molar-refractivity contribution is 5.91. The van der Waals surface area contributed by atoms with Crippen molar-refractivity contribution in [3.05, 3.63) is 23.7 Å². The Hall–Kier alpha value is -1.78. The number of carbonyl (C=O) groups is 2. The first-order chi connectivity index (χ1) is 12.1. The predicted octanol–water partition coefficient (Wildman–Crippen LogP) is 3.88. The van der Waals surface area contributed by atoms with E-state index in [4.69, 9.17) is 4.42 Å². The highest BCUT2D eigenvalue weighted by Gasteiger charge is 2.34. The van der Waals surface area contributed by atoms with E-state index in [-0.39, 0.29) is 11.8 Å². The van der Waals surface area contributed by atoms with Gasteiger partial charge >= 0.3 is 0 Å². The van der Waals surface area contributed by atoms with Crippen molar-refractivity contribution in [2.45, 2.75) is 77.3 Å². The third kappa shape index (κ3) is 4.65. The van der Waals surface area contributed by atoms with Gasteiger partial charge in [-0.05, 0) is 43.7 Å². The second kappa shape index (κ2) is 8.54. The lowest BCUT2D eigenvalue weighted by molar-refractivity contribution is -0.119. The van der Waals surface area contributed by atoms with E-state index in [0.29, 0.717) is 30.0 Å². The molecule has 5 nitrogen and oxygen atoms in total. The van der Waals surface area contributed by atoms with Gasteiger partial charge in [0.1, 0.15) is 5.76 Å². The minimum atomic E-state index is -0.103. The Balaban J connectivity index is 1.71. The molecule has 1 aromatic heterocycles. The van der Waals surface area contributed by atoms with E-state index in [0.717, 1.165) is 19.4 Å². The molecule has 3 rings (SSSR count). The fourth-order valence-electron chi connectivity index (χ4n) is 4.34. The summed E-state index contributed by atoms with van der Waals surface area (Å²) < 4.78 is 5.72. The van der Waals surface area contributed by atoms with Crippen molar-refractivity contribution in [2.24, 2.45) is 5.92 Å². The molecule has 0 spiro atoms. The second-order valence-corrected chi connectivity index (χ2v) is 7.49. The smallest absolute Gasteiger partial charge is 0.289 e. The topological polar surface area (TPSA) is 62.6 Å². The van der Waals surface area contributed by atoms with Crippen molar-refractivity contribution < 1.29 is 14.0 Å². The summed E-state index contributed by atoms with van der Waals surface area (Å²) in [4.78, 5) is 26.2. The van der Waals surface area contributed by atoms with Gasteiger partial charge in [0.25, 0.3) is 5.91 Å². The van der Waals surface area contributed by atoms with E-state index in [1.54, 1.807) is 12.1 Å². The molecule has 0 aromatic carbocycles. The minimum Gasteiger partial charge on any atom is -0.454 e. The number of nitrogens with one attached hydrogen (secondary N) is 1. The van der Waals surface area contributed by atoms with Crippen LogP contribution < -0.4 is 5.32 Å². The molecule has 5 heteroatoms. The first-order valence-electron chi connectivity index (χ1n) is 9.79. The van der Waals surface area contributed by atoms with Gasteiger partial charge in [0, 0.05) is 19.5 Å². The van der Waals surface area contributed by atoms with Crippen LogP contribution in [0.3, 0.4) is 0 Å². The van der Waals surface area contributed by atoms with Crippen LogP contribution in [0.2, 0.25) is 0 Å². The quantitative estimate of drug-likeness (QED) is 0.900. The van der Waals surface area contributed by atoms with Gasteiger partial charge in [0.05, 0.1) is 6.54 Å². The third-order valence-corrected chi connectivity index (χ3v) is 5.64. The molecular weight excluding hydrogens is 316 g/mol. The van der Waals surface area contributed by atoms with Gasteiger partial charge in [-0.2, -0.15) is 0 Å². The SMILES string of the molecule is CC(=O)NCc1ccc(C(=O)N2CCCCCC2C2CCCCC2)o1. The van der Waals surface area contributed by atoms with Crippen LogP contribution >= 0.6 is 0 Å². The average molecular weight is 346 g/mol. The van der Waals surface area contributed by atoms with Crippen LogP contribution in [0.15, 0.2) is 16.5 Å². The summed E-state index contributed by atoms with van der Waals surface area (Å²) in [5.41, 5.74) is 0. The van der Waals surface area contributed by atoms with Gasteiger partial charge < -0.3 is 14.6 Å².